The third-order valence-electron chi connectivity index (χ3n) is 2.90. The predicted octanol–water partition coefficient (Wildman–Crippen LogP) is 2.79. The van der Waals surface area contributed by atoms with E-state index in [-0.39, 0.29) is 19.3 Å². The van der Waals surface area contributed by atoms with Crippen LogP contribution in [-0.4, -0.2) is 30.4 Å². The van der Waals surface area contributed by atoms with Crippen LogP contribution in [0.25, 0.3) is 0 Å². The third-order valence-corrected chi connectivity index (χ3v) is 2.90. The zero-order valence-corrected chi connectivity index (χ0v) is 10.8. The average Bonchev–Trinajstić information content (AvgIpc) is 2.41. The molecule has 0 aliphatic carbocycles. The number of nitrogens with zero attached hydrogens (tertiary/aromatic N) is 2. The van der Waals surface area contributed by atoms with Gasteiger partial charge in [0.25, 0.3) is 6.43 Å². The molecule has 102 valence electrons. The lowest BCUT2D eigenvalue weighted by Crippen LogP contribution is -2.32. The Morgan fingerprint density at radius 1 is 1.32 bits per heavy atom. The van der Waals surface area contributed by atoms with Crippen molar-refractivity contribution < 1.29 is 8.78 Å². The van der Waals surface area contributed by atoms with E-state index in [9.17, 15) is 8.78 Å². The van der Waals surface area contributed by atoms with Crippen LogP contribution in [-0.2, 0) is 0 Å². The van der Waals surface area contributed by atoms with Crippen LogP contribution in [0.1, 0.15) is 18.5 Å². The molecule has 1 unspecified atom stereocenters. The third kappa shape index (κ3) is 4.05. The van der Waals surface area contributed by atoms with Crippen LogP contribution in [0.5, 0.6) is 0 Å². The van der Waals surface area contributed by atoms with E-state index in [1.807, 2.05) is 37.3 Å². The van der Waals surface area contributed by atoms with Gasteiger partial charge < -0.3 is 10.2 Å². The second-order valence-electron chi connectivity index (χ2n) is 4.44. The number of benzene rings is 1. The van der Waals surface area contributed by atoms with Crippen molar-refractivity contribution in [1.29, 1.82) is 0 Å². The molecule has 0 spiro atoms. The van der Waals surface area contributed by atoms with E-state index in [1.165, 1.54) is 4.90 Å². The van der Waals surface area contributed by atoms with Gasteiger partial charge in [-0.25, -0.2) is 13.8 Å². The van der Waals surface area contributed by atoms with Crippen LogP contribution < -0.4 is 5.32 Å². The van der Waals surface area contributed by atoms with E-state index in [4.69, 9.17) is 0 Å². The van der Waals surface area contributed by atoms with Gasteiger partial charge in [-0.1, -0.05) is 30.3 Å². The van der Waals surface area contributed by atoms with E-state index >= 15 is 0 Å². The fourth-order valence-corrected chi connectivity index (χ4v) is 1.88. The molecule has 1 atom stereocenters. The first-order valence-electron chi connectivity index (χ1n) is 6.21. The van der Waals surface area contributed by atoms with E-state index in [0.717, 1.165) is 11.4 Å². The molecule has 0 fully saturated rings. The number of nitrogens with one attached hydrogen (secondary N) is 1. The topological polar surface area (TPSA) is 27.6 Å². The molecule has 0 saturated carbocycles. The van der Waals surface area contributed by atoms with Crippen LogP contribution in [0.15, 0.2) is 47.6 Å². The molecule has 1 aromatic rings. The Morgan fingerprint density at radius 2 is 2.05 bits per heavy atom. The number of aliphatic imine (C=N–C) groups is 1. The van der Waals surface area contributed by atoms with Crippen molar-refractivity contribution in [2.75, 3.05) is 13.2 Å². The van der Waals surface area contributed by atoms with Gasteiger partial charge in [0.15, 0.2) is 0 Å². The second-order valence-corrected chi connectivity index (χ2v) is 4.44. The SMILES string of the molecule is CC(NC1=NCN(CC(F)F)C=C1)c1ccccc1. The number of halogens is 2. The van der Waals surface area contributed by atoms with Crippen LogP contribution in [0, 0.1) is 0 Å². The maximum Gasteiger partial charge on any atom is 0.255 e. The molecule has 1 aromatic carbocycles. The van der Waals surface area contributed by atoms with Crippen LogP contribution in [0.3, 0.4) is 0 Å². The number of hydrogen-bond donors (Lipinski definition) is 1. The lowest BCUT2D eigenvalue weighted by Gasteiger charge is -2.23. The predicted molar refractivity (Wildman–Crippen MR) is 72.1 cm³/mol. The molecular formula is C14H17F2N3. The molecule has 1 aliphatic rings. The molecule has 0 saturated heterocycles. The highest BCUT2D eigenvalue weighted by molar-refractivity contribution is 5.93. The van der Waals surface area contributed by atoms with E-state index in [1.54, 1.807) is 12.3 Å². The lowest BCUT2D eigenvalue weighted by atomic mass is 10.1. The molecule has 3 nitrogen and oxygen atoms in total. The second kappa shape index (κ2) is 6.31. The Kier molecular flexibility index (Phi) is 4.49. The van der Waals surface area contributed by atoms with E-state index in [2.05, 4.69) is 10.3 Å². The van der Waals surface area contributed by atoms with Gasteiger partial charge in [-0.2, -0.15) is 0 Å². The smallest absolute Gasteiger partial charge is 0.255 e. The summed E-state index contributed by atoms with van der Waals surface area (Å²) in [7, 11) is 0. The van der Waals surface area contributed by atoms with Crippen molar-refractivity contribution in [1.82, 2.24) is 10.2 Å². The highest BCUT2D eigenvalue weighted by Gasteiger charge is 2.12. The van der Waals surface area contributed by atoms with Crippen LogP contribution >= 0.6 is 0 Å². The monoisotopic (exact) mass is 265 g/mol. The summed E-state index contributed by atoms with van der Waals surface area (Å²) in [6.07, 6.45) is 1.04. The summed E-state index contributed by atoms with van der Waals surface area (Å²) in [5, 5.41) is 3.26. The van der Waals surface area contributed by atoms with Gasteiger partial charge in [0.1, 0.15) is 12.5 Å². The van der Waals surface area contributed by atoms with E-state index < -0.39 is 6.43 Å². The summed E-state index contributed by atoms with van der Waals surface area (Å²) in [6.45, 7) is 2.03. The largest absolute Gasteiger partial charge is 0.364 e. The van der Waals surface area contributed by atoms with Crippen LogP contribution in [0.4, 0.5) is 8.78 Å². The number of amidine groups is 1. The molecule has 1 N–H and O–H groups in total. The van der Waals surface area contributed by atoms with Gasteiger partial charge in [0.05, 0.1) is 6.54 Å². The highest BCUT2D eigenvalue weighted by atomic mass is 19.3. The van der Waals surface area contributed by atoms with Gasteiger partial charge in [0.2, 0.25) is 0 Å². The molecule has 5 heteroatoms. The fraction of sp³-hybridized carbons (Fsp3) is 0.357. The summed E-state index contributed by atoms with van der Waals surface area (Å²) in [5.41, 5.74) is 1.16. The molecule has 0 bridgehead atoms. The lowest BCUT2D eigenvalue weighted by molar-refractivity contribution is 0.109. The van der Waals surface area contributed by atoms with Crippen molar-refractivity contribution in [3.05, 3.63) is 48.2 Å². The summed E-state index contributed by atoms with van der Waals surface area (Å²) < 4.78 is 24.4. The first kappa shape index (κ1) is 13.5. The molecule has 0 aromatic heterocycles. The van der Waals surface area contributed by atoms with Gasteiger partial charge >= 0.3 is 0 Å². The van der Waals surface area contributed by atoms with Gasteiger partial charge in [0, 0.05) is 12.2 Å². The Hall–Kier alpha value is -1.91. The Morgan fingerprint density at radius 3 is 2.63 bits per heavy atom. The number of alkyl halides is 2. The minimum Gasteiger partial charge on any atom is -0.364 e. The van der Waals surface area contributed by atoms with Crippen LogP contribution in [0.2, 0.25) is 0 Å². The van der Waals surface area contributed by atoms with Crippen molar-refractivity contribution in [2.45, 2.75) is 19.4 Å². The minimum absolute atomic E-state index is 0.131. The summed E-state index contributed by atoms with van der Waals surface area (Å²) >= 11 is 0. The number of hydrogen-bond acceptors (Lipinski definition) is 3. The quantitative estimate of drug-likeness (QED) is 0.906. The maximum absolute atomic E-state index is 12.2. The standard InChI is InChI=1S/C14H17F2N3/c1-11(12-5-3-2-4-6-12)18-14-7-8-19(10-17-14)9-13(15)16/h2-8,11,13H,9-10H2,1H3,(H,17,18). The molecule has 0 radical (unpaired) electrons. The Labute approximate surface area is 111 Å². The maximum atomic E-state index is 12.2. The molecule has 0 amide bonds. The zero-order valence-electron chi connectivity index (χ0n) is 10.8. The summed E-state index contributed by atoms with van der Waals surface area (Å²) in [5.74, 6) is 0.724. The number of rotatable bonds is 4. The Balaban J connectivity index is 1.88. The molecule has 2 rings (SSSR count). The summed E-state index contributed by atoms with van der Waals surface area (Å²) in [4.78, 5) is 5.73. The minimum atomic E-state index is -2.34. The fourth-order valence-electron chi connectivity index (χ4n) is 1.88. The van der Waals surface area contributed by atoms with Crippen molar-refractivity contribution >= 4 is 5.84 Å². The first-order chi connectivity index (χ1) is 9.15. The average molecular weight is 265 g/mol. The summed E-state index contributed by atoms with van der Waals surface area (Å²) in [6, 6.07) is 10.1. The Bertz CT molecular complexity index is 457. The van der Waals surface area contributed by atoms with Crippen molar-refractivity contribution in [3.63, 3.8) is 0 Å². The van der Waals surface area contributed by atoms with Crippen molar-refractivity contribution in [2.24, 2.45) is 4.99 Å². The molecule has 1 heterocycles. The molecular weight excluding hydrogens is 248 g/mol. The highest BCUT2D eigenvalue weighted by Crippen LogP contribution is 2.12. The first-order valence-corrected chi connectivity index (χ1v) is 6.21. The molecule has 1 aliphatic heterocycles. The van der Waals surface area contributed by atoms with Gasteiger partial charge in [-0.3, -0.25) is 0 Å². The zero-order chi connectivity index (χ0) is 13.7. The molecule has 19 heavy (non-hydrogen) atoms. The van der Waals surface area contributed by atoms with Gasteiger partial charge in [-0.15, -0.1) is 0 Å². The normalized spacial score (nSPS) is 16.4. The van der Waals surface area contributed by atoms with E-state index in [0.29, 0.717) is 0 Å². The van der Waals surface area contributed by atoms with Gasteiger partial charge in [-0.05, 0) is 18.6 Å². The van der Waals surface area contributed by atoms with Crippen molar-refractivity contribution in [3.8, 4) is 0 Å².